The smallest absolute Gasteiger partial charge is 0.252 e. The Balaban J connectivity index is 0.953. The van der Waals surface area contributed by atoms with Crippen LogP contribution in [0.2, 0.25) is 0 Å². The van der Waals surface area contributed by atoms with E-state index in [1.807, 2.05) is 0 Å². The van der Waals surface area contributed by atoms with Crippen LogP contribution in [0.3, 0.4) is 0 Å². The molecule has 0 bridgehead atoms. The summed E-state index contributed by atoms with van der Waals surface area (Å²) in [6.45, 7) is -0.396. The van der Waals surface area contributed by atoms with Gasteiger partial charge in [-0.25, -0.2) is 9.97 Å². The molecule has 13 aromatic carbocycles. The molecule has 0 atom stereocenters. The molecule has 0 saturated carbocycles. The molecular formula is C80H52B2N8. The maximum atomic E-state index is 5.62. The van der Waals surface area contributed by atoms with Gasteiger partial charge in [-0.3, -0.25) is 9.13 Å². The first kappa shape index (κ1) is 50.3. The van der Waals surface area contributed by atoms with Crippen molar-refractivity contribution in [1.82, 2.24) is 19.1 Å². The van der Waals surface area contributed by atoms with E-state index >= 15 is 0 Å². The number of nitrogens with zero attached hydrogens (tertiary/aromatic N) is 8. The molecule has 0 unspecified atom stereocenters. The number of imidazole rings is 2. The van der Waals surface area contributed by atoms with Gasteiger partial charge in [-0.15, -0.1) is 0 Å². The molecular weight excluding hydrogens is 1090 g/mol. The van der Waals surface area contributed by atoms with Crippen molar-refractivity contribution < 1.29 is 0 Å². The third-order valence-electron chi connectivity index (χ3n) is 18.8. The Morgan fingerprint density at radius 2 is 0.578 bits per heavy atom. The normalized spacial score (nSPS) is 12.8. The maximum absolute atomic E-state index is 5.62. The first-order chi connectivity index (χ1) is 44.7. The third kappa shape index (κ3) is 7.45. The van der Waals surface area contributed by atoms with Crippen molar-refractivity contribution in [2.24, 2.45) is 0 Å². The summed E-state index contributed by atoms with van der Waals surface area (Å²) in [5, 5.41) is 0. The molecule has 0 saturated heterocycles. The fraction of sp³-hybridized carbons (Fsp3) is 0. The van der Waals surface area contributed by atoms with Gasteiger partial charge in [0.1, 0.15) is 11.6 Å². The quantitative estimate of drug-likeness (QED) is 0.127. The summed E-state index contributed by atoms with van der Waals surface area (Å²) in [5.74, 6) is 1.82. The van der Waals surface area contributed by atoms with Crippen LogP contribution < -0.4 is 52.4 Å². The molecule has 0 amide bonds. The number of hydrogen-bond acceptors (Lipinski definition) is 6. The molecule has 4 aliphatic heterocycles. The van der Waals surface area contributed by atoms with E-state index in [0.29, 0.717) is 0 Å². The van der Waals surface area contributed by atoms with Gasteiger partial charge in [-0.1, -0.05) is 200 Å². The molecule has 4 aliphatic rings. The van der Waals surface area contributed by atoms with Crippen molar-refractivity contribution in [1.29, 1.82) is 0 Å². The lowest BCUT2D eigenvalue weighted by Gasteiger charge is -2.45. The topological polar surface area (TPSA) is 48.6 Å². The number of para-hydroxylation sites is 8. The van der Waals surface area contributed by atoms with Crippen LogP contribution in [0.5, 0.6) is 0 Å². The van der Waals surface area contributed by atoms with Gasteiger partial charge in [0, 0.05) is 79.4 Å². The molecule has 90 heavy (non-hydrogen) atoms. The van der Waals surface area contributed by atoms with Crippen LogP contribution in [-0.2, 0) is 0 Å². The van der Waals surface area contributed by atoms with Crippen molar-refractivity contribution >= 4 is 137 Å². The molecule has 418 valence electrons. The van der Waals surface area contributed by atoms with Gasteiger partial charge in [-0.2, -0.15) is 0 Å². The van der Waals surface area contributed by atoms with Crippen molar-refractivity contribution in [3.8, 4) is 34.2 Å². The minimum atomic E-state index is -0.198. The Labute approximate surface area is 521 Å². The van der Waals surface area contributed by atoms with E-state index in [0.717, 1.165) is 124 Å². The van der Waals surface area contributed by atoms with E-state index in [2.05, 4.69) is 344 Å². The Morgan fingerprint density at radius 1 is 0.256 bits per heavy atom. The van der Waals surface area contributed by atoms with Crippen LogP contribution in [-0.4, -0.2) is 32.5 Å². The summed E-state index contributed by atoms with van der Waals surface area (Å²) in [5.41, 5.74) is 28.7. The molecule has 0 spiro atoms. The zero-order valence-corrected chi connectivity index (χ0v) is 48.8. The average molecular weight is 1150 g/mol. The minimum Gasteiger partial charge on any atom is -0.311 e. The highest BCUT2D eigenvalue weighted by Gasteiger charge is 2.48. The summed E-state index contributed by atoms with van der Waals surface area (Å²) in [6.07, 6.45) is 0. The molecule has 0 aliphatic carbocycles. The van der Waals surface area contributed by atoms with Crippen LogP contribution in [0, 0.1) is 0 Å². The first-order valence-corrected chi connectivity index (χ1v) is 30.9. The molecule has 0 fully saturated rings. The van der Waals surface area contributed by atoms with E-state index in [1.165, 1.54) is 32.8 Å². The molecule has 10 heteroatoms. The van der Waals surface area contributed by atoms with E-state index in [4.69, 9.17) is 9.97 Å². The molecule has 0 radical (unpaired) electrons. The van der Waals surface area contributed by atoms with Crippen LogP contribution in [0.1, 0.15) is 0 Å². The second-order valence-corrected chi connectivity index (χ2v) is 23.7. The van der Waals surface area contributed by atoms with Gasteiger partial charge in [0.15, 0.2) is 0 Å². The summed E-state index contributed by atoms with van der Waals surface area (Å²) >= 11 is 0. The van der Waals surface area contributed by atoms with Crippen molar-refractivity contribution in [2.45, 2.75) is 0 Å². The number of rotatable bonds is 10. The highest BCUT2D eigenvalue weighted by molar-refractivity contribution is 7.03. The van der Waals surface area contributed by atoms with Crippen LogP contribution >= 0.6 is 0 Å². The monoisotopic (exact) mass is 1150 g/mol. The van der Waals surface area contributed by atoms with Crippen LogP contribution in [0.15, 0.2) is 315 Å². The van der Waals surface area contributed by atoms with E-state index in [9.17, 15) is 0 Å². The average Bonchev–Trinajstić information content (AvgIpc) is 1.21. The number of benzene rings is 13. The zero-order valence-electron chi connectivity index (χ0n) is 48.8. The number of aromatic nitrogens is 4. The second-order valence-electron chi connectivity index (χ2n) is 23.7. The lowest BCUT2D eigenvalue weighted by molar-refractivity contribution is 1.10. The van der Waals surface area contributed by atoms with E-state index in [-0.39, 0.29) is 13.4 Å². The molecule has 2 aromatic heterocycles. The summed E-state index contributed by atoms with van der Waals surface area (Å²) < 4.78 is 4.94. The van der Waals surface area contributed by atoms with Gasteiger partial charge in [0.05, 0.1) is 33.4 Å². The van der Waals surface area contributed by atoms with Gasteiger partial charge < -0.3 is 19.6 Å². The van der Waals surface area contributed by atoms with Gasteiger partial charge >= 0.3 is 0 Å². The van der Waals surface area contributed by atoms with Gasteiger partial charge in [-0.05, 0) is 148 Å². The standard InChI is InChI=1S/C80H52B2N8/c1-9-27-53(28-10-1)79-83-67-45-25-43-63-77(67)89(79)73-49-61(85(55-31-13-3-14-32-55)56-33-15-4-16-34-56)47-71-75(73)81(63)65-51-66-70(52-69(65)87(71)59-39-21-7-22-40-59)88(60-41-23-8-24-42-60)72-48-62(86(57-35-17-5-18-36-57)58-37-19-6-20-38-58)50-74-76(72)82(66)64-44-26-46-68-78(64)90(74)80(84-68)54-29-11-2-12-30-54/h1-52H. The van der Waals surface area contributed by atoms with Gasteiger partial charge in [0.2, 0.25) is 0 Å². The lowest BCUT2D eigenvalue weighted by Crippen LogP contribution is -2.64. The molecule has 6 heterocycles. The summed E-state index contributed by atoms with van der Waals surface area (Å²) in [4.78, 5) is 21.2. The highest BCUT2D eigenvalue weighted by atomic mass is 15.2. The molecule has 0 N–H and O–H groups in total. The van der Waals surface area contributed by atoms with E-state index < -0.39 is 0 Å². The van der Waals surface area contributed by atoms with Crippen molar-refractivity contribution in [2.75, 3.05) is 19.6 Å². The zero-order chi connectivity index (χ0) is 59.0. The molecule has 8 nitrogen and oxygen atoms in total. The second kappa shape index (κ2) is 19.8. The molecule has 19 rings (SSSR count). The Morgan fingerprint density at radius 3 is 0.933 bits per heavy atom. The van der Waals surface area contributed by atoms with Gasteiger partial charge in [0.25, 0.3) is 13.4 Å². The first-order valence-electron chi connectivity index (χ1n) is 30.9. The minimum absolute atomic E-state index is 0.198. The third-order valence-corrected chi connectivity index (χ3v) is 18.8. The van der Waals surface area contributed by atoms with Crippen molar-refractivity contribution in [3.05, 3.63) is 315 Å². The summed E-state index contributed by atoms with van der Waals surface area (Å²) in [7, 11) is 0. The van der Waals surface area contributed by atoms with Crippen LogP contribution in [0.25, 0.3) is 56.2 Å². The SMILES string of the molecule is c1ccc(-c2nc3cccc4c3n2-c2cc(N(c3ccccc3)c3ccccc3)cc3c2B4c2cc4c(cc2N3c2ccccc2)N(c2ccccc2)c2cc(N(c3ccccc3)c3ccccc3)cc3c2B4c2cccc4nc(-c5ccccc5)n-3c24)cc1. The Kier molecular flexibility index (Phi) is 11.1. The Hall–Kier alpha value is -11.9. The number of fused-ring (bicyclic) bond motifs is 8. The fourth-order valence-corrected chi connectivity index (χ4v) is 15.2. The summed E-state index contributed by atoms with van der Waals surface area (Å²) in [6, 6.07) is 115. The maximum Gasteiger partial charge on any atom is 0.252 e. The molecule has 15 aromatic rings. The highest BCUT2D eigenvalue weighted by Crippen LogP contribution is 2.50. The number of hydrogen-bond donors (Lipinski definition) is 0. The largest absolute Gasteiger partial charge is 0.311 e. The number of anilines is 12. The Bertz CT molecular complexity index is 4910. The van der Waals surface area contributed by atoms with Crippen molar-refractivity contribution in [3.63, 3.8) is 0 Å². The predicted molar refractivity (Wildman–Crippen MR) is 375 cm³/mol. The van der Waals surface area contributed by atoms with E-state index in [1.54, 1.807) is 0 Å². The lowest BCUT2D eigenvalue weighted by atomic mass is 9.30. The fourth-order valence-electron chi connectivity index (χ4n) is 15.2. The predicted octanol–water partition coefficient (Wildman–Crippen LogP) is 15.9. The van der Waals surface area contributed by atoms with Crippen LogP contribution in [0.4, 0.5) is 68.2 Å².